The van der Waals surface area contributed by atoms with Crippen LogP contribution in [0, 0.1) is 5.41 Å². The van der Waals surface area contributed by atoms with Gasteiger partial charge in [0.15, 0.2) is 11.5 Å². The Balaban J connectivity index is 1.26. The molecule has 3 aromatic heterocycles. The Morgan fingerprint density at radius 3 is 2.53 bits per heavy atom. The monoisotopic (exact) mass is 684 g/mol. The number of nitrogens with zero attached hydrogens (tertiary/aromatic N) is 7. The van der Waals surface area contributed by atoms with Crippen LogP contribution in [0.1, 0.15) is 19.0 Å². The van der Waals surface area contributed by atoms with Crippen molar-refractivity contribution in [2.45, 2.75) is 13.3 Å². The highest BCUT2D eigenvalue weighted by Crippen LogP contribution is 2.54. The zero-order chi connectivity index (χ0) is 35.7. The molecular weight excluding hydrogens is 640 g/mol. The first kappa shape index (κ1) is 33.6. The molecule has 0 bridgehead atoms. The number of hydrogen-bond donors (Lipinski definition) is 3. The Hall–Kier alpha value is -5.88. The Kier molecular flexibility index (Phi) is 9.09. The predicted octanol–water partition coefficient (Wildman–Crippen LogP) is 6.93. The number of likely N-dealkylation sites (N-methyl/N-ethyl adjacent to an activating group) is 2. The number of hydrogen-bond acceptors (Lipinski definition) is 11. The van der Waals surface area contributed by atoms with E-state index in [1.807, 2.05) is 37.5 Å². The number of methoxy groups -OCH3 is 2. The number of allylic oxidation sites excluding steroid dienone is 4. The molecule has 5 aromatic rings. The molecule has 0 saturated carbocycles. The minimum atomic E-state index is -0.435. The maximum Gasteiger partial charge on any atom is 0.234 e. The topological polar surface area (TPSA) is 120 Å². The fourth-order valence-corrected chi connectivity index (χ4v) is 6.78. The highest BCUT2D eigenvalue weighted by Gasteiger charge is 2.45. The van der Waals surface area contributed by atoms with Crippen LogP contribution in [0.5, 0.6) is 11.5 Å². The van der Waals surface area contributed by atoms with Crippen LogP contribution >= 0.6 is 0 Å². The van der Waals surface area contributed by atoms with Crippen molar-refractivity contribution < 1.29 is 9.47 Å². The van der Waals surface area contributed by atoms with E-state index in [0.29, 0.717) is 34.8 Å². The SMILES string of the molecule is CNc1cc(Nc2ncc(OC)c(C3=CN(c4ncc(OC)c(-c5c[nH]c6ccccc56)n4)C4=CC=CCC34C)n2)ccc1N(C)CCN(C)C. The van der Waals surface area contributed by atoms with E-state index in [4.69, 9.17) is 24.4 Å². The first-order valence-corrected chi connectivity index (χ1v) is 17.0. The summed E-state index contributed by atoms with van der Waals surface area (Å²) in [4.78, 5) is 29.4. The first-order valence-electron chi connectivity index (χ1n) is 17.0. The zero-order valence-electron chi connectivity index (χ0n) is 30.2. The summed E-state index contributed by atoms with van der Waals surface area (Å²) in [5, 5.41) is 7.83. The van der Waals surface area contributed by atoms with Crippen molar-refractivity contribution in [3.8, 4) is 22.8 Å². The summed E-state index contributed by atoms with van der Waals surface area (Å²) in [6.07, 6.45) is 14.6. The van der Waals surface area contributed by atoms with Crippen molar-refractivity contribution in [2.24, 2.45) is 5.41 Å². The van der Waals surface area contributed by atoms with E-state index >= 15 is 0 Å². The molecule has 1 unspecified atom stereocenters. The number of H-pyrrole nitrogens is 1. The summed E-state index contributed by atoms with van der Waals surface area (Å²) in [6, 6.07) is 14.4. The first-order chi connectivity index (χ1) is 24.7. The molecule has 1 atom stereocenters. The van der Waals surface area contributed by atoms with Gasteiger partial charge in [-0.05, 0) is 57.8 Å². The van der Waals surface area contributed by atoms with E-state index < -0.39 is 5.41 Å². The Labute approximate surface area is 298 Å². The fourth-order valence-electron chi connectivity index (χ4n) is 6.78. The van der Waals surface area contributed by atoms with Gasteiger partial charge < -0.3 is 34.9 Å². The van der Waals surface area contributed by atoms with Crippen LogP contribution in [0.25, 0.3) is 27.7 Å². The van der Waals surface area contributed by atoms with Gasteiger partial charge in [0, 0.05) is 78.4 Å². The van der Waals surface area contributed by atoms with Gasteiger partial charge in [-0.15, -0.1) is 0 Å². The van der Waals surface area contributed by atoms with Gasteiger partial charge >= 0.3 is 0 Å². The second kappa shape index (κ2) is 13.8. The lowest BCUT2D eigenvalue weighted by Crippen LogP contribution is -2.28. The lowest BCUT2D eigenvalue weighted by atomic mass is 9.75. The van der Waals surface area contributed by atoms with Crippen molar-refractivity contribution >= 4 is 45.4 Å². The predicted molar refractivity (Wildman–Crippen MR) is 206 cm³/mol. The Morgan fingerprint density at radius 1 is 0.961 bits per heavy atom. The van der Waals surface area contributed by atoms with Gasteiger partial charge in [0.25, 0.3) is 0 Å². The molecule has 12 heteroatoms. The summed E-state index contributed by atoms with van der Waals surface area (Å²) in [7, 11) is 11.5. The molecule has 1 aliphatic heterocycles. The molecule has 0 amide bonds. The van der Waals surface area contributed by atoms with Gasteiger partial charge in [-0.1, -0.05) is 30.4 Å². The molecule has 4 heterocycles. The number of rotatable bonds is 12. The minimum Gasteiger partial charge on any atom is -0.493 e. The van der Waals surface area contributed by atoms with Gasteiger partial charge in [0.2, 0.25) is 11.9 Å². The van der Waals surface area contributed by atoms with Crippen LogP contribution in [-0.2, 0) is 0 Å². The lowest BCUT2D eigenvalue weighted by Gasteiger charge is -2.32. The lowest BCUT2D eigenvalue weighted by molar-refractivity contribution is 0.407. The molecule has 0 spiro atoms. The Bertz CT molecular complexity index is 2170. The Morgan fingerprint density at radius 2 is 1.75 bits per heavy atom. The molecule has 2 aliphatic rings. The number of aromatic nitrogens is 5. The van der Waals surface area contributed by atoms with Gasteiger partial charge in [0.1, 0.15) is 11.4 Å². The second-order valence-electron chi connectivity index (χ2n) is 13.2. The highest BCUT2D eigenvalue weighted by atomic mass is 16.5. The van der Waals surface area contributed by atoms with E-state index in [0.717, 1.165) is 64.3 Å². The van der Waals surface area contributed by atoms with Gasteiger partial charge in [-0.25, -0.2) is 19.9 Å². The number of nitrogens with one attached hydrogen (secondary N) is 3. The number of benzene rings is 2. The third kappa shape index (κ3) is 6.23. The van der Waals surface area contributed by atoms with Crippen molar-refractivity contribution in [1.29, 1.82) is 0 Å². The van der Waals surface area contributed by atoms with Crippen molar-refractivity contribution in [2.75, 3.05) is 75.9 Å². The molecule has 0 radical (unpaired) electrons. The summed E-state index contributed by atoms with van der Waals surface area (Å²) < 4.78 is 11.6. The molecule has 7 rings (SSSR count). The maximum absolute atomic E-state index is 5.87. The van der Waals surface area contributed by atoms with Crippen molar-refractivity contribution in [3.05, 3.63) is 96.9 Å². The summed E-state index contributed by atoms with van der Waals surface area (Å²) in [5.41, 5.74) is 7.93. The van der Waals surface area contributed by atoms with E-state index in [-0.39, 0.29) is 0 Å². The zero-order valence-corrected chi connectivity index (χ0v) is 30.2. The standard InChI is InChI=1S/C39H44N10O2/c1-39-17-11-10-14-34(39)49(38-43-23-32(50-6)35(46-38)27-21-41-29-13-9-8-12-26(27)29)24-28(39)36-33(51-7)22-42-37(45-36)44-25-15-16-31(30(20-25)40-2)48(5)19-18-47(3)4/h8-16,20-24,40-41H,17-19H2,1-7H3,(H,42,44,45). The summed E-state index contributed by atoms with van der Waals surface area (Å²) >= 11 is 0. The molecular formula is C39H44N10O2. The largest absolute Gasteiger partial charge is 0.493 e. The third-order valence-corrected chi connectivity index (χ3v) is 9.66. The van der Waals surface area contributed by atoms with Crippen LogP contribution in [0.3, 0.4) is 0 Å². The van der Waals surface area contributed by atoms with E-state index in [1.54, 1.807) is 26.6 Å². The molecule has 2 aromatic carbocycles. The van der Waals surface area contributed by atoms with Crippen LogP contribution < -0.4 is 29.9 Å². The number of para-hydroxylation sites is 1. The smallest absolute Gasteiger partial charge is 0.234 e. The molecule has 262 valence electrons. The van der Waals surface area contributed by atoms with Gasteiger partial charge in [0.05, 0.1) is 38.0 Å². The number of fused-ring (bicyclic) bond motifs is 2. The van der Waals surface area contributed by atoms with Crippen molar-refractivity contribution in [3.63, 3.8) is 0 Å². The summed E-state index contributed by atoms with van der Waals surface area (Å²) in [5.74, 6) is 2.16. The number of ether oxygens (including phenoxy) is 2. The second-order valence-corrected chi connectivity index (χ2v) is 13.2. The van der Waals surface area contributed by atoms with E-state index in [9.17, 15) is 0 Å². The van der Waals surface area contributed by atoms with E-state index in [2.05, 4.69) is 106 Å². The minimum absolute atomic E-state index is 0.435. The molecule has 51 heavy (non-hydrogen) atoms. The van der Waals surface area contributed by atoms with Gasteiger partial charge in [-0.2, -0.15) is 0 Å². The molecule has 12 nitrogen and oxygen atoms in total. The number of aromatic amines is 1. The van der Waals surface area contributed by atoms with Crippen LogP contribution in [0.15, 0.2) is 91.2 Å². The quantitative estimate of drug-likeness (QED) is 0.127. The van der Waals surface area contributed by atoms with Gasteiger partial charge in [-0.3, -0.25) is 4.90 Å². The molecule has 3 N–H and O–H groups in total. The molecule has 0 saturated heterocycles. The molecule has 1 aliphatic carbocycles. The van der Waals surface area contributed by atoms with Crippen LogP contribution in [0.2, 0.25) is 0 Å². The van der Waals surface area contributed by atoms with Crippen LogP contribution in [0.4, 0.5) is 29.0 Å². The fraction of sp³-hybridized carbons (Fsp3) is 0.282. The number of anilines is 5. The average Bonchev–Trinajstić information content (AvgIpc) is 3.72. The van der Waals surface area contributed by atoms with Crippen molar-refractivity contribution in [1.82, 2.24) is 29.8 Å². The highest BCUT2D eigenvalue weighted by molar-refractivity contribution is 5.96. The van der Waals surface area contributed by atoms with Crippen LogP contribution in [-0.4, -0.2) is 85.3 Å². The molecule has 0 fully saturated rings. The normalized spacial score (nSPS) is 16.6. The maximum atomic E-state index is 5.87. The average molecular weight is 685 g/mol. The third-order valence-electron chi connectivity index (χ3n) is 9.66. The summed E-state index contributed by atoms with van der Waals surface area (Å²) in [6.45, 7) is 4.08. The van der Waals surface area contributed by atoms with E-state index in [1.165, 1.54) is 0 Å².